The number of ether oxygens (including phenoxy) is 1. The molecule has 0 bridgehead atoms. The van der Waals surface area contributed by atoms with Crippen LogP contribution in [-0.4, -0.2) is 29.5 Å². The molecule has 0 unspecified atom stereocenters. The molecular weight excluding hydrogens is 278 g/mol. The fourth-order valence-electron chi connectivity index (χ4n) is 2.34. The molecule has 0 atom stereocenters. The highest BCUT2D eigenvalue weighted by molar-refractivity contribution is 5.92. The number of methoxy groups -OCH3 is 1. The van der Waals surface area contributed by atoms with Gasteiger partial charge in [0, 0.05) is 18.2 Å². The molecule has 1 amide bonds. The monoisotopic (exact) mass is 297 g/mol. The van der Waals surface area contributed by atoms with E-state index < -0.39 is 0 Å². The Balaban J connectivity index is 1.54. The van der Waals surface area contributed by atoms with Gasteiger partial charge in [-0.15, -0.1) is 0 Å². The third-order valence-electron chi connectivity index (χ3n) is 3.75. The van der Waals surface area contributed by atoms with Gasteiger partial charge in [-0.25, -0.2) is 9.97 Å². The van der Waals surface area contributed by atoms with Crippen LogP contribution in [0.1, 0.15) is 40.5 Å². The molecule has 1 aromatic heterocycles. The quantitative estimate of drug-likeness (QED) is 0.889. The number of rotatable bonds is 6. The van der Waals surface area contributed by atoms with Gasteiger partial charge in [0.15, 0.2) is 0 Å². The first-order valence-electron chi connectivity index (χ1n) is 7.49. The van der Waals surface area contributed by atoms with Gasteiger partial charge < -0.3 is 10.1 Å². The summed E-state index contributed by atoms with van der Waals surface area (Å²) in [6, 6.07) is 9.65. The molecule has 1 aliphatic carbocycles. The first-order chi connectivity index (χ1) is 10.8. The van der Waals surface area contributed by atoms with Gasteiger partial charge in [-0.1, -0.05) is 12.1 Å². The number of nitrogens with one attached hydrogen (secondary N) is 1. The van der Waals surface area contributed by atoms with E-state index in [4.69, 9.17) is 4.74 Å². The molecule has 0 saturated heterocycles. The molecule has 1 aliphatic rings. The van der Waals surface area contributed by atoms with Crippen LogP contribution >= 0.6 is 0 Å². The van der Waals surface area contributed by atoms with Crippen LogP contribution in [0.5, 0.6) is 5.75 Å². The van der Waals surface area contributed by atoms with Crippen molar-refractivity contribution in [2.45, 2.75) is 25.2 Å². The van der Waals surface area contributed by atoms with E-state index >= 15 is 0 Å². The summed E-state index contributed by atoms with van der Waals surface area (Å²) in [5, 5.41) is 2.90. The van der Waals surface area contributed by atoms with E-state index in [0.29, 0.717) is 18.2 Å². The summed E-state index contributed by atoms with van der Waals surface area (Å²) in [6.07, 6.45) is 4.55. The standard InChI is InChI=1S/C17H19N3O2/c1-22-14-4-2-3-12(9-14)7-8-18-17(21)16-10-15(13-5-6-13)19-11-20-16/h2-4,9-11,13H,5-8H2,1H3,(H,18,21). The SMILES string of the molecule is COc1cccc(CCNC(=O)c2cc(C3CC3)ncn2)c1. The molecule has 5 heteroatoms. The highest BCUT2D eigenvalue weighted by Crippen LogP contribution is 2.38. The maximum Gasteiger partial charge on any atom is 0.270 e. The molecular formula is C17H19N3O2. The van der Waals surface area contributed by atoms with Gasteiger partial charge in [0.25, 0.3) is 5.91 Å². The Labute approximate surface area is 129 Å². The first-order valence-corrected chi connectivity index (χ1v) is 7.49. The Morgan fingerprint density at radius 3 is 2.95 bits per heavy atom. The average molecular weight is 297 g/mol. The Bertz CT molecular complexity index is 668. The van der Waals surface area contributed by atoms with Gasteiger partial charge in [-0.2, -0.15) is 0 Å². The minimum absolute atomic E-state index is 0.146. The normalized spacial score (nSPS) is 13.7. The molecule has 1 aromatic carbocycles. The van der Waals surface area contributed by atoms with Crippen LogP contribution in [0, 0.1) is 0 Å². The van der Waals surface area contributed by atoms with E-state index in [1.807, 2.05) is 24.3 Å². The van der Waals surface area contributed by atoms with E-state index in [1.165, 1.54) is 6.33 Å². The average Bonchev–Trinajstić information content (AvgIpc) is 3.40. The third-order valence-corrected chi connectivity index (χ3v) is 3.75. The maximum absolute atomic E-state index is 12.1. The zero-order valence-corrected chi connectivity index (χ0v) is 12.6. The van der Waals surface area contributed by atoms with Crippen molar-refractivity contribution in [3.63, 3.8) is 0 Å². The molecule has 3 rings (SSSR count). The number of carbonyl (C=O) groups excluding carboxylic acids is 1. The molecule has 1 saturated carbocycles. The van der Waals surface area contributed by atoms with E-state index in [-0.39, 0.29) is 5.91 Å². The van der Waals surface area contributed by atoms with Gasteiger partial charge in [-0.3, -0.25) is 4.79 Å². The summed E-state index contributed by atoms with van der Waals surface area (Å²) in [6.45, 7) is 0.564. The number of nitrogens with zero attached hydrogens (tertiary/aromatic N) is 2. The summed E-state index contributed by atoms with van der Waals surface area (Å²) < 4.78 is 5.19. The summed E-state index contributed by atoms with van der Waals surface area (Å²) in [4.78, 5) is 20.4. The fraction of sp³-hybridized carbons (Fsp3) is 0.353. The van der Waals surface area contributed by atoms with Gasteiger partial charge in [0.05, 0.1) is 7.11 Å². The second-order valence-corrected chi connectivity index (χ2v) is 5.46. The molecule has 2 aromatic rings. The van der Waals surface area contributed by atoms with E-state index in [9.17, 15) is 4.79 Å². The minimum Gasteiger partial charge on any atom is -0.497 e. The van der Waals surface area contributed by atoms with Crippen LogP contribution in [-0.2, 0) is 6.42 Å². The van der Waals surface area contributed by atoms with Crippen LogP contribution in [0.3, 0.4) is 0 Å². The first kappa shape index (κ1) is 14.5. The van der Waals surface area contributed by atoms with Crippen LogP contribution in [0.15, 0.2) is 36.7 Å². The number of amides is 1. The van der Waals surface area contributed by atoms with Crippen LogP contribution in [0.2, 0.25) is 0 Å². The zero-order valence-electron chi connectivity index (χ0n) is 12.6. The molecule has 1 heterocycles. The van der Waals surface area contributed by atoms with Crippen molar-refractivity contribution in [2.75, 3.05) is 13.7 Å². The smallest absolute Gasteiger partial charge is 0.270 e. The van der Waals surface area contributed by atoms with Gasteiger partial charge in [0.1, 0.15) is 17.8 Å². The van der Waals surface area contributed by atoms with Crippen LogP contribution in [0.25, 0.3) is 0 Å². The molecule has 5 nitrogen and oxygen atoms in total. The largest absolute Gasteiger partial charge is 0.497 e. The Hall–Kier alpha value is -2.43. The van der Waals surface area contributed by atoms with Crippen molar-refractivity contribution in [2.24, 2.45) is 0 Å². The summed E-state index contributed by atoms with van der Waals surface area (Å²) >= 11 is 0. The second kappa shape index (κ2) is 6.56. The predicted molar refractivity (Wildman–Crippen MR) is 83.0 cm³/mol. The topological polar surface area (TPSA) is 64.1 Å². The molecule has 1 N–H and O–H groups in total. The lowest BCUT2D eigenvalue weighted by atomic mass is 10.1. The van der Waals surface area contributed by atoms with Crippen molar-refractivity contribution in [1.29, 1.82) is 0 Å². The van der Waals surface area contributed by atoms with Crippen LogP contribution in [0.4, 0.5) is 0 Å². The van der Waals surface area contributed by atoms with E-state index in [2.05, 4.69) is 15.3 Å². The van der Waals surface area contributed by atoms with Gasteiger partial charge in [-0.05, 0) is 43.0 Å². The second-order valence-electron chi connectivity index (χ2n) is 5.46. The Morgan fingerprint density at radius 1 is 1.32 bits per heavy atom. The number of benzene rings is 1. The van der Waals surface area contributed by atoms with Crippen molar-refractivity contribution in [3.8, 4) is 5.75 Å². The molecule has 22 heavy (non-hydrogen) atoms. The third kappa shape index (κ3) is 3.61. The lowest BCUT2D eigenvalue weighted by Gasteiger charge is -2.07. The zero-order chi connectivity index (χ0) is 15.4. The summed E-state index contributed by atoms with van der Waals surface area (Å²) in [7, 11) is 1.65. The van der Waals surface area contributed by atoms with Gasteiger partial charge in [0.2, 0.25) is 0 Å². The van der Waals surface area contributed by atoms with Gasteiger partial charge >= 0.3 is 0 Å². The number of hydrogen-bond acceptors (Lipinski definition) is 4. The predicted octanol–water partition coefficient (Wildman–Crippen LogP) is 2.34. The molecule has 0 radical (unpaired) electrons. The van der Waals surface area contributed by atoms with Crippen molar-refractivity contribution in [1.82, 2.24) is 15.3 Å². The maximum atomic E-state index is 12.1. The van der Waals surface area contributed by atoms with Crippen molar-refractivity contribution < 1.29 is 9.53 Å². The molecule has 1 fully saturated rings. The van der Waals surface area contributed by atoms with Crippen LogP contribution < -0.4 is 10.1 Å². The lowest BCUT2D eigenvalue weighted by Crippen LogP contribution is -2.26. The lowest BCUT2D eigenvalue weighted by molar-refractivity contribution is 0.0949. The number of hydrogen-bond donors (Lipinski definition) is 1. The molecule has 0 aliphatic heterocycles. The van der Waals surface area contributed by atoms with Crippen molar-refractivity contribution in [3.05, 3.63) is 53.6 Å². The minimum atomic E-state index is -0.146. The Kier molecular flexibility index (Phi) is 4.32. The fourth-order valence-corrected chi connectivity index (χ4v) is 2.34. The Morgan fingerprint density at radius 2 is 2.18 bits per heavy atom. The number of aromatic nitrogens is 2. The van der Waals surface area contributed by atoms with E-state index in [0.717, 1.165) is 36.3 Å². The highest BCUT2D eigenvalue weighted by atomic mass is 16.5. The molecule has 114 valence electrons. The number of carbonyl (C=O) groups is 1. The van der Waals surface area contributed by atoms with Crippen molar-refractivity contribution >= 4 is 5.91 Å². The summed E-state index contributed by atoms with van der Waals surface area (Å²) in [5.41, 5.74) is 2.55. The molecule has 0 spiro atoms. The van der Waals surface area contributed by atoms with E-state index in [1.54, 1.807) is 13.2 Å². The highest BCUT2D eigenvalue weighted by Gasteiger charge is 2.25. The summed E-state index contributed by atoms with van der Waals surface area (Å²) in [5.74, 6) is 1.20.